The molecule has 0 N–H and O–H groups in total. The summed E-state index contributed by atoms with van der Waals surface area (Å²) in [7, 11) is 0. The molecule has 0 aromatic rings. The van der Waals surface area contributed by atoms with Crippen LogP contribution in [0.4, 0.5) is 0 Å². The summed E-state index contributed by atoms with van der Waals surface area (Å²) >= 11 is 0. The Morgan fingerprint density at radius 3 is 0.756 bits per heavy atom. The number of rotatable bonds is 65. The summed E-state index contributed by atoms with van der Waals surface area (Å²) in [5.74, 6) is -0.851. The molecule has 0 fully saturated rings. The highest BCUT2D eigenvalue weighted by Gasteiger charge is 2.19. The van der Waals surface area contributed by atoms with Crippen molar-refractivity contribution in [2.24, 2.45) is 0 Å². The second kappa shape index (κ2) is 67.1. The number of carbonyl (C=O) groups excluding carboxylic acids is 3. The van der Waals surface area contributed by atoms with Crippen LogP contribution in [-0.4, -0.2) is 37.2 Å². The van der Waals surface area contributed by atoms with E-state index < -0.39 is 6.10 Å². The molecular formula is C72H134O6. The van der Waals surface area contributed by atoms with Crippen LogP contribution >= 0.6 is 0 Å². The minimum Gasteiger partial charge on any atom is -0.462 e. The highest BCUT2D eigenvalue weighted by atomic mass is 16.6. The lowest BCUT2D eigenvalue weighted by molar-refractivity contribution is -0.167. The van der Waals surface area contributed by atoms with Crippen LogP contribution in [0.25, 0.3) is 0 Å². The van der Waals surface area contributed by atoms with Crippen LogP contribution in [0.5, 0.6) is 0 Å². The van der Waals surface area contributed by atoms with E-state index in [0.29, 0.717) is 19.3 Å². The largest absolute Gasteiger partial charge is 0.462 e. The molecule has 458 valence electrons. The van der Waals surface area contributed by atoms with Gasteiger partial charge >= 0.3 is 17.9 Å². The molecule has 1 atom stereocenters. The van der Waals surface area contributed by atoms with E-state index in [1.807, 2.05) is 0 Å². The molecule has 0 aliphatic heterocycles. The lowest BCUT2D eigenvalue weighted by Crippen LogP contribution is -2.30. The normalized spacial score (nSPS) is 12.2. The Balaban J connectivity index is 4.10. The smallest absolute Gasteiger partial charge is 0.306 e. The van der Waals surface area contributed by atoms with Crippen LogP contribution in [0.2, 0.25) is 0 Å². The number of hydrogen-bond donors (Lipinski definition) is 0. The van der Waals surface area contributed by atoms with Crippen molar-refractivity contribution in [2.75, 3.05) is 13.2 Å². The predicted octanol–water partition coefficient (Wildman–Crippen LogP) is 23.9. The number of allylic oxidation sites excluding steroid dienone is 6. The van der Waals surface area contributed by atoms with Gasteiger partial charge in [-0.1, -0.05) is 333 Å². The Morgan fingerprint density at radius 2 is 0.474 bits per heavy atom. The Labute approximate surface area is 486 Å². The number of hydrogen-bond acceptors (Lipinski definition) is 6. The summed E-state index contributed by atoms with van der Waals surface area (Å²) in [5, 5.41) is 0. The molecule has 0 aliphatic rings. The average molecular weight is 1100 g/mol. The Hall–Kier alpha value is -2.37. The molecule has 0 aromatic carbocycles. The molecule has 0 aromatic heterocycles. The molecule has 0 saturated carbocycles. The van der Waals surface area contributed by atoms with E-state index in [0.717, 1.165) is 70.6 Å². The lowest BCUT2D eigenvalue weighted by Gasteiger charge is -2.18. The van der Waals surface area contributed by atoms with Gasteiger partial charge in [0.1, 0.15) is 13.2 Å². The summed E-state index contributed by atoms with van der Waals surface area (Å²) in [4.78, 5) is 38.3. The molecule has 0 rings (SSSR count). The lowest BCUT2D eigenvalue weighted by atomic mass is 10.0. The van der Waals surface area contributed by atoms with Crippen molar-refractivity contribution in [3.05, 3.63) is 36.5 Å². The van der Waals surface area contributed by atoms with Crippen molar-refractivity contribution >= 4 is 17.9 Å². The molecule has 0 radical (unpaired) electrons. The topological polar surface area (TPSA) is 78.9 Å². The fraction of sp³-hybridized carbons (Fsp3) is 0.875. The molecule has 0 spiro atoms. The first-order valence-corrected chi connectivity index (χ1v) is 35.0. The van der Waals surface area contributed by atoms with Gasteiger partial charge in [-0.05, 0) is 70.6 Å². The van der Waals surface area contributed by atoms with E-state index in [1.54, 1.807) is 0 Å². The van der Waals surface area contributed by atoms with Gasteiger partial charge in [-0.25, -0.2) is 0 Å². The SMILES string of the molecule is CCCC/C=C\CCCCCCCC(=O)OCC(COC(=O)CCCCCCCCCCCCCCCCCCCCC/C=C\C/C=C\CCCCCCC)OC(=O)CCCCCCCCCCCCCCCCCCCC. The Kier molecular flexibility index (Phi) is 65.1. The van der Waals surface area contributed by atoms with Gasteiger partial charge in [0.05, 0.1) is 0 Å². The standard InChI is InChI=1S/C72H134O6/c1-4-7-10-13-16-19-22-24-26-28-30-31-32-33-34-35-36-37-38-39-40-41-42-44-45-47-50-53-56-59-62-65-71(74)77-68-69(67-76-70(73)64-61-58-55-52-49-21-18-15-12-9-6-3)78-72(75)66-63-60-57-54-51-48-46-43-29-27-25-23-20-17-14-11-8-5-2/h15,18,22,24,28,30,69H,4-14,16-17,19-21,23,25-27,29,31-68H2,1-3H3/b18-15-,24-22-,30-28-. The zero-order valence-corrected chi connectivity index (χ0v) is 52.7. The third kappa shape index (κ3) is 64.5. The molecule has 0 saturated heterocycles. The molecular weight excluding hydrogens is 961 g/mol. The average Bonchev–Trinajstić information content (AvgIpc) is 3.44. The van der Waals surface area contributed by atoms with Crippen LogP contribution in [0, 0.1) is 0 Å². The molecule has 1 unspecified atom stereocenters. The van der Waals surface area contributed by atoms with Crippen molar-refractivity contribution in [3.8, 4) is 0 Å². The second-order valence-corrected chi connectivity index (χ2v) is 23.8. The fourth-order valence-electron chi connectivity index (χ4n) is 10.6. The fourth-order valence-corrected chi connectivity index (χ4v) is 10.6. The zero-order valence-electron chi connectivity index (χ0n) is 52.7. The highest BCUT2D eigenvalue weighted by Crippen LogP contribution is 2.18. The van der Waals surface area contributed by atoms with E-state index in [-0.39, 0.29) is 31.1 Å². The van der Waals surface area contributed by atoms with Crippen molar-refractivity contribution in [2.45, 2.75) is 393 Å². The quantitative estimate of drug-likeness (QED) is 0.0261. The van der Waals surface area contributed by atoms with Crippen LogP contribution in [-0.2, 0) is 28.6 Å². The Morgan fingerprint density at radius 1 is 0.256 bits per heavy atom. The van der Waals surface area contributed by atoms with Gasteiger partial charge in [0.15, 0.2) is 6.10 Å². The minimum absolute atomic E-state index is 0.0688. The molecule has 0 amide bonds. The van der Waals surface area contributed by atoms with Gasteiger partial charge in [-0.3, -0.25) is 14.4 Å². The summed E-state index contributed by atoms with van der Waals surface area (Å²) in [5.41, 5.74) is 0. The first-order valence-electron chi connectivity index (χ1n) is 35.0. The maximum absolute atomic E-state index is 12.9. The van der Waals surface area contributed by atoms with Crippen LogP contribution in [0.15, 0.2) is 36.5 Å². The third-order valence-electron chi connectivity index (χ3n) is 15.9. The number of carbonyl (C=O) groups is 3. The van der Waals surface area contributed by atoms with E-state index in [2.05, 4.69) is 57.2 Å². The van der Waals surface area contributed by atoms with E-state index in [9.17, 15) is 14.4 Å². The zero-order chi connectivity index (χ0) is 56.4. The molecule has 6 heteroatoms. The summed E-state index contributed by atoms with van der Waals surface area (Å²) in [6, 6.07) is 0. The van der Waals surface area contributed by atoms with Gasteiger partial charge < -0.3 is 14.2 Å². The van der Waals surface area contributed by atoms with Crippen molar-refractivity contribution in [3.63, 3.8) is 0 Å². The molecule has 0 bridgehead atoms. The van der Waals surface area contributed by atoms with Gasteiger partial charge in [-0.2, -0.15) is 0 Å². The maximum atomic E-state index is 12.9. The molecule has 0 heterocycles. The second-order valence-electron chi connectivity index (χ2n) is 23.8. The first-order chi connectivity index (χ1) is 38.5. The summed E-state index contributed by atoms with van der Waals surface area (Å²) in [6.07, 6.45) is 83.3. The first kappa shape index (κ1) is 75.6. The number of esters is 3. The highest BCUT2D eigenvalue weighted by molar-refractivity contribution is 5.71. The van der Waals surface area contributed by atoms with Crippen LogP contribution in [0.3, 0.4) is 0 Å². The van der Waals surface area contributed by atoms with Crippen LogP contribution in [0.1, 0.15) is 387 Å². The number of ether oxygens (including phenoxy) is 3. The molecule has 78 heavy (non-hydrogen) atoms. The van der Waals surface area contributed by atoms with Crippen molar-refractivity contribution < 1.29 is 28.6 Å². The van der Waals surface area contributed by atoms with Gasteiger partial charge in [0.2, 0.25) is 0 Å². The number of unbranched alkanes of at least 4 members (excludes halogenated alkanes) is 48. The third-order valence-corrected chi connectivity index (χ3v) is 15.9. The van der Waals surface area contributed by atoms with E-state index in [1.165, 1.54) is 276 Å². The summed E-state index contributed by atoms with van der Waals surface area (Å²) in [6.45, 7) is 6.65. The Bertz CT molecular complexity index is 1300. The van der Waals surface area contributed by atoms with E-state index in [4.69, 9.17) is 14.2 Å². The summed E-state index contributed by atoms with van der Waals surface area (Å²) < 4.78 is 16.9. The monoisotopic (exact) mass is 1100 g/mol. The van der Waals surface area contributed by atoms with Crippen molar-refractivity contribution in [1.29, 1.82) is 0 Å². The molecule has 6 nitrogen and oxygen atoms in total. The maximum Gasteiger partial charge on any atom is 0.306 e. The minimum atomic E-state index is -0.771. The van der Waals surface area contributed by atoms with Crippen LogP contribution < -0.4 is 0 Å². The van der Waals surface area contributed by atoms with Gasteiger partial charge in [0, 0.05) is 19.3 Å². The van der Waals surface area contributed by atoms with Crippen molar-refractivity contribution in [1.82, 2.24) is 0 Å². The molecule has 0 aliphatic carbocycles. The van der Waals surface area contributed by atoms with Gasteiger partial charge in [-0.15, -0.1) is 0 Å². The van der Waals surface area contributed by atoms with E-state index >= 15 is 0 Å². The predicted molar refractivity (Wildman–Crippen MR) is 339 cm³/mol. The van der Waals surface area contributed by atoms with Gasteiger partial charge in [0.25, 0.3) is 0 Å².